The molecule has 0 heterocycles. The zero-order chi connectivity index (χ0) is 15.3. The van der Waals surface area contributed by atoms with E-state index < -0.39 is 5.75 Å². The van der Waals surface area contributed by atoms with Gasteiger partial charge in [0.25, 0.3) is 0 Å². The lowest BCUT2D eigenvalue weighted by molar-refractivity contribution is 0.367. The van der Waals surface area contributed by atoms with E-state index in [9.17, 15) is 15.3 Å². The van der Waals surface area contributed by atoms with Crippen LogP contribution in [0.3, 0.4) is 0 Å². The van der Waals surface area contributed by atoms with Crippen molar-refractivity contribution in [2.24, 2.45) is 0 Å². The summed E-state index contributed by atoms with van der Waals surface area (Å²) in [7, 11) is 0. The first kappa shape index (κ1) is 12.8. The molecule has 3 aromatic carbocycles. The molecule has 0 amide bonds. The summed E-state index contributed by atoms with van der Waals surface area (Å²) < 4.78 is 0. The molecule has 0 unspecified atom stereocenters. The minimum absolute atomic E-state index is 0.233. The van der Waals surface area contributed by atoms with Gasteiger partial charge in [0.05, 0.1) is 0 Å². The molecule has 3 aromatic rings. The first-order valence-electron chi connectivity index (χ1n) is 7.12. The Morgan fingerprint density at radius 2 is 1.32 bits per heavy atom. The Hall–Kier alpha value is -2.94. The van der Waals surface area contributed by atoms with Gasteiger partial charge in [0.2, 0.25) is 5.75 Å². The maximum atomic E-state index is 10.4. The molecule has 0 fully saturated rings. The van der Waals surface area contributed by atoms with Gasteiger partial charge in [-0.1, -0.05) is 54.6 Å². The summed E-state index contributed by atoms with van der Waals surface area (Å²) in [5.74, 6) is -0.965. The molecule has 0 aliphatic heterocycles. The molecular formula is C19H14O3. The zero-order valence-corrected chi connectivity index (χ0v) is 11.7. The minimum Gasteiger partial charge on any atom is -0.504 e. The van der Waals surface area contributed by atoms with Gasteiger partial charge in [-0.05, 0) is 16.7 Å². The second-order valence-corrected chi connectivity index (χ2v) is 5.47. The summed E-state index contributed by atoms with van der Waals surface area (Å²) in [6.07, 6.45) is 0.547. The molecule has 0 atom stereocenters. The summed E-state index contributed by atoms with van der Waals surface area (Å²) in [5, 5.41) is 30.7. The van der Waals surface area contributed by atoms with Gasteiger partial charge in [-0.15, -0.1) is 0 Å². The highest BCUT2D eigenvalue weighted by atomic mass is 16.3. The SMILES string of the molecule is Oc1c(O)c2c(c(-c3ccccc3)c1O)-c1ccccc1C2. The Morgan fingerprint density at radius 1 is 0.636 bits per heavy atom. The van der Waals surface area contributed by atoms with Crippen LogP contribution in [0, 0.1) is 0 Å². The average Bonchev–Trinajstić information content (AvgIpc) is 2.94. The molecule has 0 saturated carbocycles. The van der Waals surface area contributed by atoms with E-state index in [2.05, 4.69) is 0 Å². The monoisotopic (exact) mass is 290 g/mol. The molecule has 3 N–H and O–H groups in total. The van der Waals surface area contributed by atoms with Gasteiger partial charge in [-0.25, -0.2) is 0 Å². The van der Waals surface area contributed by atoms with Crippen molar-refractivity contribution < 1.29 is 15.3 Å². The summed E-state index contributed by atoms with van der Waals surface area (Å²) in [6, 6.07) is 17.3. The van der Waals surface area contributed by atoms with Gasteiger partial charge >= 0.3 is 0 Å². The van der Waals surface area contributed by atoms with Crippen LogP contribution in [0.1, 0.15) is 11.1 Å². The second kappa shape index (κ2) is 4.53. The zero-order valence-electron chi connectivity index (χ0n) is 11.7. The Kier molecular flexibility index (Phi) is 2.63. The lowest BCUT2D eigenvalue weighted by Gasteiger charge is -2.15. The van der Waals surface area contributed by atoms with Crippen molar-refractivity contribution >= 4 is 0 Å². The number of rotatable bonds is 1. The predicted molar refractivity (Wildman–Crippen MR) is 85.1 cm³/mol. The first-order valence-corrected chi connectivity index (χ1v) is 7.12. The lowest BCUT2D eigenvalue weighted by atomic mass is 9.92. The number of phenols is 3. The Bertz CT molecular complexity index is 883. The highest BCUT2D eigenvalue weighted by Crippen LogP contribution is 2.55. The molecule has 108 valence electrons. The van der Waals surface area contributed by atoms with Crippen LogP contribution in [0.25, 0.3) is 22.3 Å². The summed E-state index contributed by atoms with van der Waals surface area (Å²) >= 11 is 0. The molecule has 3 heteroatoms. The number of hydrogen-bond donors (Lipinski definition) is 3. The van der Waals surface area contributed by atoms with Crippen LogP contribution in [-0.2, 0) is 6.42 Å². The van der Waals surface area contributed by atoms with E-state index in [0.717, 1.165) is 22.3 Å². The fraction of sp³-hybridized carbons (Fsp3) is 0.0526. The highest BCUT2D eigenvalue weighted by molar-refractivity contribution is 5.96. The van der Waals surface area contributed by atoms with Gasteiger partial charge in [0.1, 0.15) is 0 Å². The van der Waals surface area contributed by atoms with Gasteiger partial charge in [-0.2, -0.15) is 0 Å². The largest absolute Gasteiger partial charge is 0.504 e. The lowest BCUT2D eigenvalue weighted by Crippen LogP contribution is -1.89. The van der Waals surface area contributed by atoms with Crippen LogP contribution in [0.2, 0.25) is 0 Å². The quantitative estimate of drug-likeness (QED) is 0.464. The van der Waals surface area contributed by atoms with Gasteiger partial charge in [0.15, 0.2) is 11.5 Å². The minimum atomic E-state index is -0.453. The van der Waals surface area contributed by atoms with E-state index in [1.54, 1.807) is 0 Å². The Morgan fingerprint density at radius 3 is 2.09 bits per heavy atom. The number of benzene rings is 3. The van der Waals surface area contributed by atoms with Crippen LogP contribution >= 0.6 is 0 Å². The van der Waals surface area contributed by atoms with Crippen molar-refractivity contribution in [2.45, 2.75) is 6.42 Å². The van der Waals surface area contributed by atoms with E-state index in [4.69, 9.17) is 0 Å². The third-order valence-electron chi connectivity index (χ3n) is 4.24. The fourth-order valence-electron chi connectivity index (χ4n) is 3.23. The third kappa shape index (κ3) is 1.62. The van der Waals surface area contributed by atoms with E-state index in [1.165, 1.54) is 0 Å². The maximum absolute atomic E-state index is 10.4. The van der Waals surface area contributed by atoms with Gasteiger partial charge in [-0.3, -0.25) is 0 Å². The molecule has 0 spiro atoms. The third-order valence-corrected chi connectivity index (χ3v) is 4.24. The highest BCUT2D eigenvalue weighted by Gasteiger charge is 2.30. The molecule has 1 aliphatic carbocycles. The number of hydrogen-bond acceptors (Lipinski definition) is 3. The smallest absolute Gasteiger partial charge is 0.201 e. The van der Waals surface area contributed by atoms with Crippen LogP contribution in [0.15, 0.2) is 54.6 Å². The van der Waals surface area contributed by atoms with Crippen molar-refractivity contribution in [2.75, 3.05) is 0 Å². The van der Waals surface area contributed by atoms with Crippen LogP contribution in [0.5, 0.6) is 17.2 Å². The Balaban J connectivity index is 2.13. The van der Waals surface area contributed by atoms with Crippen molar-refractivity contribution in [3.8, 4) is 39.5 Å². The topological polar surface area (TPSA) is 60.7 Å². The maximum Gasteiger partial charge on any atom is 0.201 e. The number of fused-ring (bicyclic) bond motifs is 3. The number of phenolic OH excluding ortho intramolecular Hbond substituents is 3. The fourth-order valence-corrected chi connectivity index (χ4v) is 3.23. The second-order valence-electron chi connectivity index (χ2n) is 5.47. The van der Waals surface area contributed by atoms with Gasteiger partial charge < -0.3 is 15.3 Å². The summed E-state index contributed by atoms with van der Waals surface area (Å²) in [5.41, 5.74) is 4.90. The van der Waals surface area contributed by atoms with E-state index >= 15 is 0 Å². The van der Waals surface area contributed by atoms with Crippen LogP contribution in [-0.4, -0.2) is 15.3 Å². The van der Waals surface area contributed by atoms with E-state index in [1.807, 2.05) is 54.6 Å². The molecular weight excluding hydrogens is 276 g/mol. The standard InChI is InChI=1S/C19H14O3/c20-17-14-10-12-8-4-5-9-13(12)16(14)15(18(21)19(17)22)11-6-2-1-3-7-11/h1-9,20-22H,10H2. The van der Waals surface area contributed by atoms with Crippen LogP contribution < -0.4 is 0 Å². The summed E-state index contributed by atoms with van der Waals surface area (Å²) in [6.45, 7) is 0. The van der Waals surface area contributed by atoms with E-state index in [-0.39, 0.29) is 11.5 Å². The van der Waals surface area contributed by atoms with Crippen molar-refractivity contribution in [1.29, 1.82) is 0 Å². The average molecular weight is 290 g/mol. The summed E-state index contributed by atoms with van der Waals surface area (Å²) in [4.78, 5) is 0. The molecule has 4 rings (SSSR count). The van der Waals surface area contributed by atoms with Crippen LogP contribution in [0.4, 0.5) is 0 Å². The molecule has 0 aromatic heterocycles. The Labute approximate surface area is 127 Å². The van der Waals surface area contributed by atoms with E-state index in [0.29, 0.717) is 17.5 Å². The number of aromatic hydroxyl groups is 3. The van der Waals surface area contributed by atoms with Crippen molar-refractivity contribution in [3.63, 3.8) is 0 Å². The normalized spacial score (nSPS) is 12.0. The molecule has 1 aliphatic rings. The molecule has 0 saturated heterocycles. The molecule has 22 heavy (non-hydrogen) atoms. The molecule has 0 bridgehead atoms. The van der Waals surface area contributed by atoms with Crippen molar-refractivity contribution in [1.82, 2.24) is 0 Å². The van der Waals surface area contributed by atoms with Gasteiger partial charge in [0, 0.05) is 23.1 Å². The molecule has 0 radical (unpaired) electrons. The predicted octanol–water partition coefficient (Wildman–Crippen LogP) is 4.04. The van der Waals surface area contributed by atoms with Crippen molar-refractivity contribution in [3.05, 3.63) is 65.7 Å². The first-order chi connectivity index (χ1) is 10.7. The molecule has 3 nitrogen and oxygen atoms in total.